The Morgan fingerprint density at radius 1 is 1.12 bits per heavy atom. The maximum atomic E-state index is 9.04. The van der Waals surface area contributed by atoms with Crippen LogP contribution in [0, 0.1) is 18.3 Å². The molecule has 1 N–H and O–H groups in total. The molecule has 0 saturated carbocycles. The molecule has 0 amide bonds. The molecule has 0 radical (unpaired) electrons. The van der Waals surface area contributed by atoms with E-state index in [0.29, 0.717) is 6.42 Å². The van der Waals surface area contributed by atoms with Gasteiger partial charge < -0.3 is 9.72 Å². The van der Waals surface area contributed by atoms with Gasteiger partial charge >= 0.3 is 0 Å². The monoisotopic (exact) mass is 345 g/mol. The van der Waals surface area contributed by atoms with Crippen molar-refractivity contribution in [3.05, 3.63) is 59.4 Å². The fraction of sp³-hybridized carbons (Fsp3) is 0.333. The van der Waals surface area contributed by atoms with Crippen molar-refractivity contribution in [3.63, 3.8) is 0 Å². The Bertz CT molecular complexity index is 943. The van der Waals surface area contributed by atoms with E-state index < -0.39 is 0 Å². The standard InChI is InChI=1S/C21H23N5/c1-16-2-5-18(6-3-16)21-19(15-25-12-10-23-11-13-25)26-14-17(8-9-22)4-7-20(26)24-21/h2-7,14,23H,8,10-13,15H2,1H3. The highest BCUT2D eigenvalue weighted by Crippen LogP contribution is 2.26. The van der Waals surface area contributed by atoms with Crippen molar-refractivity contribution in [1.82, 2.24) is 19.6 Å². The Labute approximate surface area is 153 Å². The number of imidazole rings is 1. The quantitative estimate of drug-likeness (QED) is 0.790. The van der Waals surface area contributed by atoms with Gasteiger partial charge in [0, 0.05) is 44.5 Å². The van der Waals surface area contributed by atoms with Crippen LogP contribution in [0.15, 0.2) is 42.6 Å². The highest BCUT2D eigenvalue weighted by Gasteiger charge is 2.18. The normalized spacial score (nSPS) is 15.2. The van der Waals surface area contributed by atoms with Crippen LogP contribution in [0.5, 0.6) is 0 Å². The Kier molecular flexibility index (Phi) is 4.70. The zero-order chi connectivity index (χ0) is 17.9. The van der Waals surface area contributed by atoms with Crippen molar-refractivity contribution >= 4 is 5.65 Å². The van der Waals surface area contributed by atoms with Crippen molar-refractivity contribution in [2.24, 2.45) is 0 Å². The molecule has 3 aromatic rings. The van der Waals surface area contributed by atoms with E-state index in [1.807, 2.05) is 12.1 Å². The Balaban J connectivity index is 1.81. The summed E-state index contributed by atoms with van der Waals surface area (Å²) in [6.07, 6.45) is 2.49. The van der Waals surface area contributed by atoms with E-state index in [0.717, 1.165) is 55.2 Å². The molecule has 26 heavy (non-hydrogen) atoms. The van der Waals surface area contributed by atoms with E-state index in [9.17, 15) is 0 Å². The lowest BCUT2D eigenvalue weighted by Crippen LogP contribution is -2.43. The van der Waals surface area contributed by atoms with Gasteiger partial charge in [0.15, 0.2) is 0 Å². The summed E-state index contributed by atoms with van der Waals surface area (Å²) in [6, 6.07) is 14.8. The zero-order valence-electron chi connectivity index (χ0n) is 15.1. The first kappa shape index (κ1) is 16.8. The van der Waals surface area contributed by atoms with E-state index >= 15 is 0 Å². The number of nitrogens with zero attached hydrogens (tertiary/aromatic N) is 4. The summed E-state index contributed by atoms with van der Waals surface area (Å²) < 4.78 is 2.17. The third-order valence-corrected chi connectivity index (χ3v) is 4.97. The summed E-state index contributed by atoms with van der Waals surface area (Å²) in [6.45, 7) is 7.09. The number of hydrogen-bond donors (Lipinski definition) is 1. The number of aromatic nitrogens is 2. The first-order valence-electron chi connectivity index (χ1n) is 9.11. The molecule has 1 fully saturated rings. The molecule has 5 heteroatoms. The lowest BCUT2D eigenvalue weighted by Gasteiger charge is -2.27. The highest BCUT2D eigenvalue weighted by atomic mass is 15.2. The molecular formula is C21H23N5. The van der Waals surface area contributed by atoms with Crippen LogP contribution in [0.25, 0.3) is 16.9 Å². The van der Waals surface area contributed by atoms with Crippen LogP contribution < -0.4 is 5.32 Å². The van der Waals surface area contributed by atoms with Gasteiger partial charge in [0.1, 0.15) is 5.65 Å². The molecule has 132 valence electrons. The summed E-state index contributed by atoms with van der Waals surface area (Å²) in [5.74, 6) is 0. The Morgan fingerprint density at radius 2 is 1.88 bits per heavy atom. The van der Waals surface area contributed by atoms with Crippen LogP contribution in [-0.2, 0) is 13.0 Å². The third kappa shape index (κ3) is 3.34. The predicted molar refractivity (Wildman–Crippen MR) is 103 cm³/mol. The summed E-state index contributed by atoms with van der Waals surface area (Å²) in [5.41, 5.74) is 6.59. The second-order valence-electron chi connectivity index (χ2n) is 6.90. The van der Waals surface area contributed by atoms with Gasteiger partial charge in [0.05, 0.1) is 23.9 Å². The number of fused-ring (bicyclic) bond motifs is 1. The van der Waals surface area contributed by atoms with Crippen molar-refractivity contribution in [3.8, 4) is 17.3 Å². The van der Waals surface area contributed by atoms with Crippen LogP contribution in [0.4, 0.5) is 0 Å². The summed E-state index contributed by atoms with van der Waals surface area (Å²) >= 11 is 0. The van der Waals surface area contributed by atoms with Crippen molar-refractivity contribution < 1.29 is 0 Å². The minimum atomic E-state index is 0.418. The number of benzene rings is 1. The zero-order valence-corrected chi connectivity index (χ0v) is 15.1. The van der Waals surface area contributed by atoms with Crippen molar-refractivity contribution in [1.29, 1.82) is 5.26 Å². The number of rotatable bonds is 4. The molecule has 1 saturated heterocycles. The number of pyridine rings is 1. The third-order valence-electron chi connectivity index (χ3n) is 4.97. The Morgan fingerprint density at radius 3 is 2.62 bits per heavy atom. The van der Waals surface area contributed by atoms with Gasteiger partial charge in [0.25, 0.3) is 0 Å². The molecule has 0 unspecified atom stereocenters. The summed E-state index contributed by atoms with van der Waals surface area (Å²) in [5, 5.41) is 12.5. The lowest BCUT2D eigenvalue weighted by molar-refractivity contribution is 0.230. The van der Waals surface area contributed by atoms with Gasteiger partial charge in [-0.2, -0.15) is 5.26 Å². The van der Waals surface area contributed by atoms with Crippen LogP contribution in [-0.4, -0.2) is 40.5 Å². The summed E-state index contributed by atoms with van der Waals surface area (Å²) in [4.78, 5) is 7.38. The van der Waals surface area contributed by atoms with E-state index in [1.54, 1.807) is 0 Å². The summed E-state index contributed by atoms with van der Waals surface area (Å²) in [7, 11) is 0. The average Bonchev–Trinajstić information content (AvgIpc) is 3.01. The van der Waals surface area contributed by atoms with Crippen LogP contribution >= 0.6 is 0 Å². The second-order valence-corrected chi connectivity index (χ2v) is 6.90. The van der Waals surface area contributed by atoms with Crippen LogP contribution in [0.2, 0.25) is 0 Å². The largest absolute Gasteiger partial charge is 0.314 e. The van der Waals surface area contributed by atoms with Crippen LogP contribution in [0.1, 0.15) is 16.8 Å². The van der Waals surface area contributed by atoms with Gasteiger partial charge in [-0.25, -0.2) is 4.98 Å². The van der Waals surface area contributed by atoms with E-state index in [2.05, 4.69) is 58.1 Å². The molecule has 0 spiro atoms. The minimum Gasteiger partial charge on any atom is -0.314 e. The van der Waals surface area contributed by atoms with Gasteiger partial charge in [-0.1, -0.05) is 35.9 Å². The van der Waals surface area contributed by atoms with E-state index in [-0.39, 0.29) is 0 Å². The molecular weight excluding hydrogens is 322 g/mol. The fourth-order valence-corrected chi connectivity index (χ4v) is 3.51. The van der Waals surface area contributed by atoms with Gasteiger partial charge in [-0.05, 0) is 18.6 Å². The smallest absolute Gasteiger partial charge is 0.137 e. The SMILES string of the molecule is Cc1ccc(-c2nc3ccc(CC#N)cn3c2CN2CCNCC2)cc1. The second kappa shape index (κ2) is 7.28. The maximum absolute atomic E-state index is 9.04. The molecule has 1 aromatic carbocycles. The number of piperazine rings is 1. The average molecular weight is 345 g/mol. The molecule has 0 bridgehead atoms. The topological polar surface area (TPSA) is 56.4 Å². The van der Waals surface area contributed by atoms with Gasteiger partial charge in [-0.3, -0.25) is 4.90 Å². The number of nitriles is 1. The van der Waals surface area contributed by atoms with Crippen LogP contribution in [0.3, 0.4) is 0 Å². The maximum Gasteiger partial charge on any atom is 0.137 e. The predicted octanol–water partition coefficient (Wildman–Crippen LogP) is 2.78. The molecule has 1 aliphatic rings. The van der Waals surface area contributed by atoms with E-state index in [1.165, 1.54) is 11.3 Å². The fourth-order valence-electron chi connectivity index (χ4n) is 3.51. The molecule has 2 aromatic heterocycles. The lowest BCUT2D eigenvalue weighted by atomic mass is 10.1. The molecule has 3 heterocycles. The molecule has 0 aliphatic carbocycles. The minimum absolute atomic E-state index is 0.418. The van der Waals surface area contributed by atoms with E-state index in [4.69, 9.17) is 10.2 Å². The molecule has 5 nitrogen and oxygen atoms in total. The van der Waals surface area contributed by atoms with Crippen molar-refractivity contribution in [2.45, 2.75) is 19.9 Å². The van der Waals surface area contributed by atoms with Gasteiger partial charge in [0.2, 0.25) is 0 Å². The van der Waals surface area contributed by atoms with Crippen molar-refractivity contribution in [2.75, 3.05) is 26.2 Å². The first-order chi connectivity index (χ1) is 12.7. The van der Waals surface area contributed by atoms with Gasteiger partial charge in [-0.15, -0.1) is 0 Å². The molecule has 0 atom stereocenters. The number of hydrogen-bond acceptors (Lipinski definition) is 4. The first-order valence-corrected chi connectivity index (χ1v) is 9.11. The Hall–Kier alpha value is -2.68. The molecule has 1 aliphatic heterocycles. The number of aryl methyl sites for hydroxylation is 1. The highest BCUT2D eigenvalue weighted by molar-refractivity contribution is 5.67. The molecule has 4 rings (SSSR count). The number of nitrogens with one attached hydrogen (secondary N) is 1.